The molecule has 0 saturated carbocycles. The van der Waals surface area contributed by atoms with Crippen molar-refractivity contribution in [3.8, 4) is 0 Å². The molecule has 0 radical (unpaired) electrons. The molecule has 0 aliphatic rings. The average molecular weight is 295 g/mol. The largest absolute Gasteiger partial charge is 0.480 e. The van der Waals surface area contributed by atoms with E-state index in [-0.39, 0.29) is 5.92 Å². The number of rotatable bonds is 5. The van der Waals surface area contributed by atoms with E-state index in [1.165, 1.54) is 0 Å². The fourth-order valence-electron chi connectivity index (χ4n) is 2.00. The second-order valence-electron chi connectivity index (χ2n) is 6.54. The Labute approximate surface area is 125 Å². The quantitative estimate of drug-likeness (QED) is 0.872. The maximum atomic E-state index is 12.4. The summed E-state index contributed by atoms with van der Waals surface area (Å²) in [6, 6.07) is 0.776. The molecule has 1 aromatic rings. The van der Waals surface area contributed by atoms with Crippen LogP contribution in [-0.2, 0) is 11.3 Å². The van der Waals surface area contributed by atoms with Crippen molar-refractivity contribution in [2.24, 2.45) is 5.41 Å². The molecule has 0 saturated heterocycles. The van der Waals surface area contributed by atoms with Gasteiger partial charge in [-0.15, -0.1) is 0 Å². The van der Waals surface area contributed by atoms with E-state index < -0.39 is 23.3 Å². The van der Waals surface area contributed by atoms with Gasteiger partial charge in [0.25, 0.3) is 5.91 Å². The van der Waals surface area contributed by atoms with Gasteiger partial charge in [0, 0.05) is 6.54 Å². The van der Waals surface area contributed by atoms with E-state index >= 15 is 0 Å². The monoisotopic (exact) mass is 295 g/mol. The molecule has 0 fully saturated rings. The molecular formula is C15H25N3O3. The van der Waals surface area contributed by atoms with Gasteiger partial charge >= 0.3 is 5.97 Å². The van der Waals surface area contributed by atoms with Crippen molar-refractivity contribution in [3.05, 3.63) is 17.5 Å². The van der Waals surface area contributed by atoms with Crippen molar-refractivity contribution in [3.63, 3.8) is 0 Å². The molecule has 2 N–H and O–H groups in total. The summed E-state index contributed by atoms with van der Waals surface area (Å²) in [5, 5.41) is 16.3. The first-order valence-corrected chi connectivity index (χ1v) is 7.19. The molecule has 1 atom stereocenters. The fourth-order valence-corrected chi connectivity index (χ4v) is 2.00. The van der Waals surface area contributed by atoms with E-state index in [1.807, 2.05) is 20.8 Å². The third-order valence-electron chi connectivity index (χ3n) is 3.31. The highest BCUT2D eigenvalue weighted by molar-refractivity contribution is 5.95. The Morgan fingerprint density at radius 3 is 2.33 bits per heavy atom. The third kappa shape index (κ3) is 4.06. The number of aromatic nitrogens is 2. The Kier molecular flexibility index (Phi) is 5.15. The first-order valence-electron chi connectivity index (χ1n) is 7.19. The second kappa shape index (κ2) is 6.28. The van der Waals surface area contributed by atoms with Crippen LogP contribution in [0.2, 0.25) is 0 Å². The van der Waals surface area contributed by atoms with Crippen molar-refractivity contribution < 1.29 is 14.7 Å². The minimum absolute atomic E-state index is 0.210. The topological polar surface area (TPSA) is 84.2 Å². The summed E-state index contributed by atoms with van der Waals surface area (Å²) in [7, 11) is 0. The average Bonchev–Trinajstić information content (AvgIpc) is 2.78. The van der Waals surface area contributed by atoms with E-state index in [0.717, 1.165) is 5.69 Å². The number of nitrogens with one attached hydrogen (secondary N) is 1. The summed E-state index contributed by atoms with van der Waals surface area (Å²) in [5.74, 6) is -1.23. The lowest BCUT2D eigenvalue weighted by Crippen LogP contribution is -2.49. The summed E-state index contributed by atoms with van der Waals surface area (Å²) < 4.78 is 1.60. The van der Waals surface area contributed by atoms with Gasteiger partial charge in [-0.2, -0.15) is 5.10 Å². The van der Waals surface area contributed by atoms with Crippen molar-refractivity contribution >= 4 is 11.9 Å². The highest BCUT2D eigenvalue weighted by Gasteiger charge is 2.33. The molecule has 1 rings (SSSR count). The number of carbonyl (C=O) groups is 2. The molecule has 0 aliphatic carbocycles. The number of carboxylic acid groups (broad SMARTS) is 1. The van der Waals surface area contributed by atoms with Crippen molar-refractivity contribution in [1.82, 2.24) is 15.1 Å². The Morgan fingerprint density at radius 1 is 1.38 bits per heavy atom. The fraction of sp³-hybridized carbons (Fsp3) is 0.667. The molecule has 0 bridgehead atoms. The zero-order valence-electron chi connectivity index (χ0n) is 13.6. The van der Waals surface area contributed by atoms with Gasteiger partial charge in [0.05, 0.1) is 5.69 Å². The van der Waals surface area contributed by atoms with E-state index in [0.29, 0.717) is 12.2 Å². The molecule has 21 heavy (non-hydrogen) atoms. The summed E-state index contributed by atoms with van der Waals surface area (Å²) in [6.07, 6.45) is 0. The predicted octanol–water partition coefficient (Wildman–Crippen LogP) is 2.26. The van der Waals surface area contributed by atoms with Crippen LogP contribution in [0.1, 0.15) is 63.6 Å². The lowest BCUT2D eigenvalue weighted by molar-refractivity contribution is -0.142. The number of carboxylic acids is 1. The second-order valence-corrected chi connectivity index (χ2v) is 6.54. The Morgan fingerprint density at radius 2 is 1.95 bits per heavy atom. The SMILES string of the molecule is CCn1nc(C(C)C)cc1C(=O)N[C@H](C(=O)O)C(C)(C)C. The van der Waals surface area contributed by atoms with Crippen LogP contribution in [0.5, 0.6) is 0 Å². The normalized spacial score (nSPS) is 13.3. The zero-order valence-corrected chi connectivity index (χ0v) is 13.6. The van der Waals surface area contributed by atoms with Gasteiger partial charge in [0.2, 0.25) is 0 Å². The van der Waals surface area contributed by atoms with Crippen molar-refractivity contribution in [1.29, 1.82) is 0 Å². The number of hydrogen-bond acceptors (Lipinski definition) is 3. The minimum atomic E-state index is -1.04. The molecular weight excluding hydrogens is 270 g/mol. The summed E-state index contributed by atoms with van der Waals surface area (Å²) >= 11 is 0. The summed E-state index contributed by atoms with van der Waals surface area (Å²) in [4.78, 5) is 23.7. The maximum absolute atomic E-state index is 12.4. The molecule has 0 spiro atoms. The third-order valence-corrected chi connectivity index (χ3v) is 3.31. The molecule has 1 amide bonds. The lowest BCUT2D eigenvalue weighted by atomic mass is 9.86. The first kappa shape index (κ1) is 17.2. The first-order chi connectivity index (χ1) is 9.57. The van der Waals surface area contributed by atoms with Gasteiger partial charge in [0.1, 0.15) is 11.7 Å². The molecule has 6 nitrogen and oxygen atoms in total. The highest BCUT2D eigenvalue weighted by atomic mass is 16.4. The number of aliphatic carboxylic acids is 1. The van der Waals surface area contributed by atoms with Crippen molar-refractivity contribution in [2.75, 3.05) is 0 Å². The summed E-state index contributed by atoms with van der Waals surface area (Å²) in [6.45, 7) is 11.8. The van der Waals surface area contributed by atoms with E-state index in [9.17, 15) is 14.7 Å². The maximum Gasteiger partial charge on any atom is 0.326 e. The van der Waals surface area contributed by atoms with Gasteiger partial charge in [0.15, 0.2) is 0 Å². The Balaban J connectivity index is 3.05. The molecule has 0 aliphatic heterocycles. The predicted molar refractivity (Wildman–Crippen MR) is 80.3 cm³/mol. The number of amides is 1. The summed E-state index contributed by atoms with van der Waals surface area (Å²) in [5.41, 5.74) is 0.653. The van der Waals surface area contributed by atoms with Crippen LogP contribution in [0.3, 0.4) is 0 Å². The van der Waals surface area contributed by atoms with Gasteiger partial charge in [-0.3, -0.25) is 9.48 Å². The van der Waals surface area contributed by atoms with Crippen LogP contribution in [0.15, 0.2) is 6.07 Å². The smallest absolute Gasteiger partial charge is 0.326 e. The van der Waals surface area contributed by atoms with Crippen LogP contribution in [0.4, 0.5) is 0 Å². The molecule has 6 heteroatoms. The molecule has 0 unspecified atom stereocenters. The Bertz CT molecular complexity index is 527. The zero-order chi connectivity index (χ0) is 16.4. The molecule has 1 heterocycles. The van der Waals surface area contributed by atoms with Gasteiger partial charge in [-0.25, -0.2) is 4.79 Å². The van der Waals surface area contributed by atoms with Gasteiger partial charge < -0.3 is 10.4 Å². The van der Waals surface area contributed by atoms with Gasteiger partial charge in [-0.05, 0) is 24.3 Å². The lowest BCUT2D eigenvalue weighted by Gasteiger charge is -2.27. The van der Waals surface area contributed by atoms with E-state index in [2.05, 4.69) is 10.4 Å². The highest BCUT2D eigenvalue weighted by Crippen LogP contribution is 2.20. The van der Waals surface area contributed by atoms with Crippen LogP contribution in [0, 0.1) is 5.41 Å². The molecule has 118 valence electrons. The van der Waals surface area contributed by atoms with Crippen LogP contribution in [0.25, 0.3) is 0 Å². The standard InChI is InChI=1S/C15H25N3O3/c1-7-18-11(8-10(17-18)9(2)3)13(19)16-12(14(20)21)15(4,5)6/h8-9,12H,7H2,1-6H3,(H,16,19)(H,20,21)/t12-/m1/s1. The van der Waals surface area contributed by atoms with Crippen LogP contribution >= 0.6 is 0 Å². The number of aryl methyl sites for hydroxylation is 1. The number of hydrogen-bond donors (Lipinski definition) is 2. The van der Waals surface area contributed by atoms with Crippen LogP contribution in [-0.4, -0.2) is 32.8 Å². The molecule has 0 aromatic carbocycles. The Hall–Kier alpha value is -1.85. The van der Waals surface area contributed by atoms with Crippen molar-refractivity contribution in [2.45, 2.75) is 60.0 Å². The minimum Gasteiger partial charge on any atom is -0.480 e. The van der Waals surface area contributed by atoms with Gasteiger partial charge in [-0.1, -0.05) is 34.6 Å². The van der Waals surface area contributed by atoms with E-state index in [4.69, 9.17) is 0 Å². The van der Waals surface area contributed by atoms with Crippen LogP contribution < -0.4 is 5.32 Å². The van der Waals surface area contributed by atoms with E-state index in [1.54, 1.807) is 31.5 Å². The number of carbonyl (C=O) groups excluding carboxylic acids is 1. The molecule has 1 aromatic heterocycles. The number of nitrogens with zero attached hydrogens (tertiary/aromatic N) is 2.